The molecule has 120 valence electrons. The highest BCUT2D eigenvalue weighted by molar-refractivity contribution is 5.90. The molecule has 1 atom stereocenters. The minimum Gasteiger partial charge on any atom is -0.375 e. The number of amides is 1. The molecule has 21 heavy (non-hydrogen) atoms. The molecule has 5 nitrogen and oxygen atoms in total. The number of hydrogen-bond donors (Lipinski definition) is 1. The van der Waals surface area contributed by atoms with Crippen LogP contribution in [-0.2, 0) is 14.3 Å². The highest BCUT2D eigenvalue weighted by Crippen LogP contribution is 2.24. The SMILES string of the molecule is CC(=O)C(C)(C)CCOC(C)(C)CCN1C(=O)C=CC1O. The molecule has 0 fully saturated rings. The van der Waals surface area contributed by atoms with Gasteiger partial charge in [-0.2, -0.15) is 0 Å². The summed E-state index contributed by atoms with van der Waals surface area (Å²) in [6.07, 6.45) is 3.32. The zero-order valence-corrected chi connectivity index (χ0v) is 13.7. The van der Waals surface area contributed by atoms with Gasteiger partial charge < -0.3 is 14.7 Å². The van der Waals surface area contributed by atoms with E-state index < -0.39 is 11.8 Å². The molecule has 0 aromatic heterocycles. The lowest BCUT2D eigenvalue weighted by Crippen LogP contribution is -2.39. The molecular weight excluding hydrogens is 270 g/mol. The summed E-state index contributed by atoms with van der Waals surface area (Å²) in [6.45, 7) is 10.3. The lowest BCUT2D eigenvalue weighted by Gasteiger charge is -2.30. The second-order valence-corrected chi connectivity index (χ2v) is 6.85. The monoisotopic (exact) mass is 297 g/mol. The molecule has 5 heteroatoms. The Labute approximate surface area is 127 Å². The van der Waals surface area contributed by atoms with E-state index in [1.807, 2.05) is 27.7 Å². The summed E-state index contributed by atoms with van der Waals surface area (Å²) in [6, 6.07) is 0. The molecule has 0 saturated heterocycles. The van der Waals surface area contributed by atoms with Crippen molar-refractivity contribution in [1.82, 2.24) is 4.90 Å². The molecule has 1 N–H and O–H groups in total. The fourth-order valence-corrected chi connectivity index (χ4v) is 1.96. The van der Waals surface area contributed by atoms with Crippen molar-refractivity contribution in [1.29, 1.82) is 0 Å². The molecular formula is C16H27NO4. The van der Waals surface area contributed by atoms with E-state index in [-0.39, 0.29) is 17.1 Å². The lowest BCUT2D eigenvalue weighted by molar-refractivity contribution is -0.133. The van der Waals surface area contributed by atoms with Crippen molar-refractivity contribution in [3.63, 3.8) is 0 Å². The third-order valence-corrected chi connectivity index (χ3v) is 4.14. The number of aliphatic hydroxyl groups is 1. The quantitative estimate of drug-likeness (QED) is 0.743. The number of ketones is 1. The van der Waals surface area contributed by atoms with Crippen molar-refractivity contribution in [3.05, 3.63) is 12.2 Å². The topological polar surface area (TPSA) is 66.8 Å². The third kappa shape index (κ3) is 5.25. The van der Waals surface area contributed by atoms with Crippen molar-refractivity contribution in [2.45, 2.75) is 59.3 Å². The van der Waals surface area contributed by atoms with Crippen molar-refractivity contribution in [2.75, 3.05) is 13.2 Å². The molecule has 0 bridgehead atoms. The van der Waals surface area contributed by atoms with Crippen molar-refractivity contribution in [2.24, 2.45) is 5.41 Å². The minimum absolute atomic E-state index is 0.153. The predicted molar refractivity (Wildman–Crippen MR) is 80.6 cm³/mol. The Kier molecular flexibility index (Phi) is 5.70. The molecule has 1 unspecified atom stereocenters. The zero-order valence-electron chi connectivity index (χ0n) is 13.7. The summed E-state index contributed by atoms with van der Waals surface area (Å²) in [5.41, 5.74) is -0.781. The van der Waals surface area contributed by atoms with Crippen LogP contribution in [0.2, 0.25) is 0 Å². The van der Waals surface area contributed by atoms with E-state index in [9.17, 15) is 14.7 Å². The van der Waals surface area contributed by atoms with Crippen LogP contribution in [0.3, 0.4) is 0 Å². The van der Waals surface area contributed by atoms with E-state index in [0.717, 1.165) is 0 Å². The van der Waals surface area contributed by atoms with Crippen LogP contribution in [0.5, 0.6) is 0 Å². The average molecular weight is 297 g/mol. The highest BCUT2D eigenvalue weighted by atomic mass is 16.5. The van der Waals surface area contributed by atoms with E-state index in [2.05, 4.69) is 0 Å². The number of carbonyl (C=O) groups excluding carboxylic acids is 2. The fraction of sp³-hybridized carbons (Fsp3) is 0.750. The van der Waals surface area contributed by atoms with Gasteiger partial charge in [-0.3, -0.25) is 9.59 Å². The number of nitrogens with zero attached hydrogens (tertiary/aromatic N) is 1. The molecule has 0 aromatic carbocycles. The van der Waals surface area contributed by atoms with Gasteiger partial charge in [-0.15, -0.1) is 0 Å². The lowest BCUT2D eigenvalue weighted by atomic mass is 9.86. The van der Waals surface area contributed by atoms with E-state index in [1.165, 1.54) is 17.1 Å². The van der Waals surface area contributed by atoms with E-state index in [1.54, 1.807) is 6.92 Å². The number of aliphatic hydroxyl groups excluding tert-OH is 1. The Morgan fingerprint density at radius 3 is 2.43 bits per heavy atom. The van der Waals surface area contributed by atoms with Gasteiger partial charge in [-0.1, -0.05) is 13.8 Å². The maximum atomic E-state index is 11.5. The number of rotatable bonds is 8. The van der Waals surface area contributed by atoms with Gasteiger partial charge in [0.1, 0.15) is 12.0 Å². The summed E-state index contributed by atoms with van der Waals surface area (Å²) in [4.78, 5) is 24.4. The molecule has 0 aromatic rings. The van der Waals surface area contributed by atoms with Crippen LogP contribution in [0.4, 0.5) is 0 Å². The van der Waals surface area contributed by atoms with Crippen LogP contribution in [0.1, 0.15) is 47.5 Å². The number of hydrogen-bond acceptors (Lipinski definition) is 4. The van der Waals surface area contributed by atoms with Crippen LogP contribution in [0, 0.1) is 5.41 Å². The van der Waals surface area contributed by atoms with Crippen LogP contribution >= 0.6 is 0 Å². The maximum Gasteiger partial charge on any atom is 0.248 e. The second kappa shape index (κ2) is 6.71. The summed E-state index contributed by atoms with van der Waals surface area (Å²) in [5, 5.41) is 9.64. The molecule has 1 rings (SSSR count). The van der Waals surface area contributed by atoms with Crippen LogP contribution in [-0.4, -0.2) is 46.7 Å². The summed E-state index contributed by atoms with van der Waals surface area (Å²) < 4.78 is 5.85. The standard InChI is InChI=1S/C16H27NO4/c1-12(18)15(2,3)9-11-21-16(4,5)8-10-17-13(19)6-7-14(17)20/h6-7,13,19H,8-11H2,1-5H3. The Balaban J connectivity index is 2.37. The van der Waals surface area contributed by atoms with Gasteiger partial charge in [0.05, 0.1) is 5.60 Å². The Morgan fingerprint density at radius 2 is 1.95 bits per heavy atom. The van der Waals surface area contributed by atoms with E-state index in [4.69, 9.17) is 4.74 Å². The van der Waals surface area contributed by atoms with Crippen molar-refractivity contribution in [3.8, 4) is 0 Å². The number of Topliss-reactive ketones (excluding diaryl/α,β-unsaturated/α-hetero) is 1. The molecule has 1 aliphatic rings. The summed E-state index contributed by atoms with van der Waals surface area (Å²) in [7, 11) is 0. The van der Waals surface area contributed by atoms with Crippen molar-refractivity contribution >= 4 is 11.7 Å². The molecule has 0 spiro atoms. The molecule has 0 aliphatic carbocycles. The summed E-state index contributed by atoms with van der Waals surface area (Å²) >= 11 is 0. The maximum absolute atomic E-state index is 11.5. The second-order valence-electron chi connectivity index (χ2n) is 6.85. The molecule has 1 aliphatic heterocycles. The van der Waals surface area contributed by atoms with Crippen molar-refractivity contribution < 1.29 is 19.4 Å². The van der Waals surface area contributed by atoms with Crippen LogP contribution < -0.4 is 0 Å². The number of carbonyl (C=O) groups is 2. The normalized spacial score (nSPS) is 19.4. The first-order chi connectivity index (χ1) is 9.55. The smallest absolute Gasteiger partial charge is 0.248 e. The zero-order chi connectivity index (χ0) is 16.3. The van der Waals surface area contributed by atoms with Gasteiger partial charge in [0.25, 0.3) is 0 Å². The van der Waals surface area contributed by atoms with Crippen LogP contribution in [0.25, 0.3) is 0 Å². The molecule has 1 heterocycles. The highest BCUT2D eigenvalue weighted by Gasteiger charge is 2.28. The van der Waals surface area contributed by atoms with Gasteiger partial charge in [-0.05, 0) is 39.7 Å². The molecule has 0 saturated carbocycles. The Morgan fingerprint density at radius 1 is 1.33 bits per heavy atom. The molecule has 0 radical (unpaired) electrons. The first-order valence-electron chi connectivity index (χ1n) is 7.37. The average Bonchev–Trinajstić information content (AvgIpc) is 2.66. The predicted octanol–water partition coefficient (Wildman–Crippen LogP) is 1.89. The van der Waals surface area contributed by atoms with Gasteiger partial charge in [0, 0.05) is 24.6 Å². The molecule has 1 amide bonds. The fourth-order valence-electron chi connectivity index (χ4n) is 1.96. The Bertz CT molecular complexity index is 426. The van der Waals surface area contributed by atoms with Crippen LogP contribution in [0.15, 0.2) is 12.2 Å². The van der Waals surface area contributed by atoms with E-state index in [0.29, 0.717) is 26.0 Å². The van der Waals surface area contributed by atoms with Gasteiger partial charge >= 0.3 is 0 Å². The first-order valence-corrected chi connectivity index (χ1v) is 7.37. The largest absolute Gasteiger partial charge is 0.375 e. The number of ether oxygens (including phenoxy) is 1. The first kappa shape index (κ1) is 17.9. The van der Waals surface area contributed by atoms with Gasteiger partial charge in [0.2, 0.25) is 5.91 Å². The van der Waals surface area contributed by atoms with Gasteiger partial charge in [0.15, 0.2) is 0 Å². The van der Waals surface area contributed by atoms with E-state index >= 15 is 0 Å². The Hall–Kier alpha value is -1.20. The summed E-state index contributed by atoms with van der Waals surface area (Å²) in [5.74, 6) is -0.0169. The van der Waals surface area contributed by atoms with Gasteiger partial charge in [-0.25, -0.2) is 0 Å². The third-order valence-electron chi connectivity index (χ3n) is 4.14. The minimum atomic E-state index is -0.829.